The molecule has 0 aliphatic heterocycles. The maximum atomic E-state index is 11.6. The van der Waals surface area contributed by atoms with Crippen LogP contribution in [0.25, 0.3) is 0 Å². The molecule has 21 heavy (non-hydrogen) atoms. The molecular weight excluding hydrogens is 268 g/mol. The lowest BCUT2D eigenvalue weighted by atomic mass is 9.92. The second-order valence-corrected chi connectivity index (χ2v) is 4.72. The number of ether oxygens (including phenoxy) is 2. The fourth-order valence-corrected chi connectivity index (χ4v) is 2.22. The molecule has 0 fully saturated rings. The van der Waals surface area contributed by atoms with E-state index in [1.54, 1.807) is 38.5 Å². The monoisotopic (exact) mass is 286 g/mol. The average molecular weight is 286 g/mol. The zero-order valence-electron chi connectivity index (χ0n) is 12.1. The fraction of sp³-hybridized carbons (Fsp3) is 0.235. The number of benzene rings is 2. The van der Waals surface area contributed by atoms with Gasteiger partial charge in [-0.25, -0.2) is 0 Å². The van der Waals surface area contributed by atoms with Crippen LogP contribution in [0.15, 0.2) is 48.5 Å². The second kappa shape index (κ2) is 6.79. The number of aliphatic carboxylic acids is 1. The molecule has 0 heterocycles. The van der Waals surface area contributed by atoms with Crippen molar-refractivity contribution in [3.8, 4) is 11.5 Å². The SMILES string of the molecule is COc1ccc([C@@H](Cc2cccc(OC)c2)C(=O)O)cc1. The Balaban J connectivity index is 2.23. The molecule has 110 valence electrons. The summed E-state index contributed by atoms with van der Waals surface area (Å²) in [4.78, 5) is 11.6. The van der Waals surface area contributed by atoms with Crippen molar-refractivity contribution < 1.29 is 19.4 Å². The molecule has 0 unspecified atom stereocenters. The van der Waals surface area contributed by atoms with Crippen LogP contribution in [0.5, 0.6) is 11.5 Å². The Morgan fingerprint density at radius 3 is 2.29 bits per heavy atom. The first kappa shape index (κ1) is 14.9. The Morgan fingerprint density at radius 1 is 1.05 bits per heavy atom. The molecule has 2 rings (SSSR count). The summed E-state index contributed by atoms with van der Waals surface area (Å²) in [6.07, 6.45) is 0.416. The summed E-state index contributed by atoms with van der Waals surface area (Å²) in [7, 11) is 3.18. The number of carboxylic acids is 1. The Morgan fingerprint density at radius 2 is 1.71 bits per heavy atom. The predicted octanol–water partition coefficient (Wildman–Crippen LogP) is 3.11. The smallest absolute Gasteiger partial charge is 0.311 e. The molecule has 0 bridgehead atoms. The number of methoxy groups -OCH3 is 2. The molecular formula is C17H18O4. The van der Waals surface area contributed by atoms with Gasteiger partial charge in [0, 0.05) is 0 Å². The highest BCUT2D eigenvalue weighted by Gasteiger charge is 2.20. The Labute approximate surface area is 123 Å². The average Bonchev–Trinajstić information content (AvgIpc) is 2.52. The summed E-state index contributed by atoms with van der Waals surface area (Å²) >= 11 is 0. The highest BCUT2D eigenvalue weighted by Crippen LogP contribution is 2.25. The van der Waals surface area contributed by atoms with Gasteiger partial charge in [-0.2, -0.15) is 0 Å². The molecule has 2 aromatic carbocycles. The van der Waals surface area contributed by atoms with Crippen molar-refractivity contribution in [1.82, 2.24) is 0 Å². The predicted molar refractivity (Wildman–Crippen MR) is 80.1 cm³/mol. The van der Waals surface area contributed by atoms with Crippen molar-refractivity contribution in [2.24, 2.45) is 0 Å². The van der Waals surface area contributed by atoms with E-state index in [1.165, 1.54) is 0 Å². The van der Waals surface area contributed by atoms with Crippen LogP contribution in [0.4, 0.5) is 0 Å². The number of carboxylic acid groups (broad SMARTS) is 1. The molecule has 0 aromatic heterocycles. The van der Waals surface area contributed by atoms with E-state index in [0.717, 1.165) is 16.9 Å². The van der Waals surface area contributed by atoms with E-state index in [2.05, 4.69) is 0 Å². The minimum absolute atomic E-state index is 0.416. The first-order valence-electron chi connectivity index (χ1n) is 6.63. The van der Waals surface area contributed by atoms with Crippen LogP contribution in [-0.2, 0) is 11.2 Å². The molecule has 4 nitrogen and oxygen atoms in total. The van der Waals surface area contributed by atoms with Gasteiger partial charge in [0.05, 0.1) is 20.1 Å². The fourth-order valence-electron chi connectivity index (χ4n) is 2.22. The quantitative estimate of drug-likeness (QED) is 0.886. The zero-order chi connectivity index (χ0) is 15.2. The lowest BCUT2D eigenvalue weighted by Crippen LogP contribution is -2.14. The molecule has 0 aliphatic rings. The molecule has 0 radical (unpaired) electrons. The van der Waals surface area contributed by atoms with E-state index in [4.69, 9.17) is 9.47 Å². The molecule has 2 aromatic rings. The maximum absolute atomic E-state index is 11.6. The van der Waals surface area contributed by atoms with Crippen molar-refractivity contribution in [3.63, 3.8) is 0 Å². The Hall–Kier alpha value is -2.49. The largest absolute Gasteiger partial charge is 0.497 e. The molecule has 0 saturated carbocycles. The highest BCUT2D eigenvalue weighted by molar-refractivity contribution is 5.76. The third-order valence-corrected chi connectivity index (χ3v) is 3.39. The van der Waals surface area contributed by atoms with E-state index < -0.39 is 11.9 Å². The van der Waals surface area contributed by atoms with Crippen molar-refractivity contribution in [3.05, 3.63) is 59.7 Å². The lowest BCUT2D eigenvalue weighted by Gasteiger charge is -2.14. The van der Waals surface area contributed by atoms with Gasteiger partial charge in [-0.05, 0) is 41.8 Å². The van der Waals surface area contributed by atoms with Crippen LogP contribution in [0.1, 0.15) is 17.0 Å². The number of hydrogen-bond donors (Lipinski definition) is 1. The van der Waals surface area contributed by atoms with Crippen molar-refractivity contribution in [1.29, 1.82) is 0 Å². The summed E-state index contributed by atoms with van der Waals surface area (Å²) in [5.41, 5.74) is 1.68. The Kier molecular flexibility index (Phi) is 4.82. The first-order valence-corrected chi connectivity index (χ1v) is 6.63. The van der Waals surface area contributed by atoms with Crippen LogP contribution in [0, 0.1) is 0 Å². The summed E-state index contributed by atoms with van der Waals surface area (Å²) in [5.74, 6) is 0.00152. The van der Waals surface area contributed by atoms with Gasteiger partial charge in [-0.15, -0.1) is 0 Å². The van der Waals surface area contributed by atoms with Gasteiger partial charge in [-0.3, -0.25) is 4.79 Å². The van der Waals surface area contributed by atoms with Gasteiger partial charge < -0.3 is 14.6 Å². The third kappa shape index (κ3) is 3.75. The standard InChI is InChI=1S/C17H18O4/c1-20-14-8-6-13(7-9-14)16(17(18)19)11-12-4-3-5-15(10-12)21-2/h3-10,16H,11H2,1-2H3,(H,18,19)/t16-/m1/s1. The number of hydrogen-bond acceptors (Lipinski definition) is 3. The van der Waals surface area contributed by atoms with Crippen LogP contribution in [0.3, 0.4) is 0 Å². The second-order valence-electron chi connectivity index (χ2n) is 4.72. The van der Waals surface area contributed by atoms with E-state index in [9.17, 15) is 9.90 Å². The van der Waals surface area contributed by atoms with Crippen LogP contribution < -0.4 is 9.47 Å². The first-order chi connectivity index (χ1) is 10.1. The maximum Gasteiger partial charge on any atom is 0.311 e. The Bertz CT molecular complexity index is 604. The van der Waals surface area contributed by atoms with E-state index in [0.29, 0.717) is 12.2 Å². The van der Waals surface area contributed by atoms with Crippen LogP contribution >= 0.6 is 0 Å². The third-order valence-electron chi connectivity index (χ3n) is 3.39. The van der Waals surface area contributed by atoms with Crippen molar-refractivity contribution >= 4 is 5.97 Å². The molecule has 1 N–H and O–H groups in total. The van der Waals surface area contributed by atoms with Gasteiger partial charge in [0.2, 0.25) is 0 Å². The normalized spacial score (nSPS) is 11.7. The summed E-state index contributed by atoms with van der Waals surface area (Å²) in [6, 6.07) is 14.6. The summed E-state index contributed by atoms with van der Waals surface area (Å²) in [6.45, 7) is 0. The van der Waals surface area contributed by atoms with E-state index >= 15 is 0 Å². The minimum Gasteiger partial charge on any atom is -0.497 e. The molecule has 0 saturated heterocycles. The molecule has 4 heteroatoms. The molecule has 0 amide bonds. The van der Waals surface area contributed by atoms with Gasteiger partial charge >= 0.3 is 5.97 Å². The van der Waals surface area contributed by atoms with E-state index in [-0.39, 0.29) is 0 Å². The van der Waals surface area contributed by atoms with Gasteiger partial charge in [0.15, 0.2) is 0 Å². The highest BCUT2D eigenvalue weighted by atomic mass is 16.5. The topological polar surface area (TPSA) is 55.8 Å². The van der Waals surface area contributed by atoms with Crippen molar-refractivity contribution in [2.45, 2.75) is 12.3 Å². The summed E-state index contributed by atoms with van der Waals surface area (Å²) < 4.78 is 10.3. The lowest BCUT2D eigenvalue weighted by molar-refractivity contribution is -0.138. The number of rotatable bonds is 6. The van der Waals surface area contributed by atoms with Crippen LogP contribution in [0.2, 0.25) is 0 Å². The minimum atomic E-state index is -0.844. The zero-order valence-corrected chi connectivity index (χ0v) is 12.1. The van der Waals surface area contributed by atoms with Crippen molar-refractivity contribution in [2.75, 3.05) is 14.2 Å². The van der Waals surface area contributed by atoms with Gasteiger partial charge in [-0.1, -0.05) is 24.3 Å². The van der Waals surface area contributed by atoms with Gasteiger partial charge in [0.25, 0.3) is 0 Å². The molecule has 0 spiro atoms. The van der Waals surface area contributed by atoms with Gasteiger partial charge in [0.1, 0.15) is 11.5 Å². The summed E-state index contributed by atoms with van der Waals surface area (Å²) in [5, 5.41) is 9.48. The molecule has 0 aliphatic carbocycles. The number of carbonyl (C=O) groups is 1. The van der Waals surface area contributed by atoms with E-state index in [1.807, 2.05) is 24.3 Å². The van der Waals surface area contributed by atoms with Crippen LogP contribution in [-0.4, -0.2) is 25.3 Å². The molecule has 1 atom stereocenters.